The molecule has 0 atom stereocenters. The lowest BCUT2D eigenvalue weighted by Crippen LogP contribution is -2.21. The van der Waals surface area contributed by atoms with Gasteiger partial charge in [-0.15, -0.1) is 0 Å². The summed E-state index contributed by atoms with van der Waals surface area (Å²) < 4.78 is 16.7. The van der Waals surface area contributed by atoms with Crippen LogP contribution in [0.2, 0.25) is 0 Å². The Morgan fingerprint density at radius 2 is 1.42 bits per heavy atom. The van der Waals surface area contributed by atoms with E-state index in [-0.39, 0.29) is 5.96 Å². The highest BCUT2D eigenvalue weighted by atomic mass is 16.5. The predicted octanol–water partition coefficient (Wildman–Crippen LogP) is 1.79. The van der Waals surface area contributed by atoms with Crippen LogP contribution in [0.1, 0.15) is 20.8 Å². The number of guanidine groups is 1. The molecule has 0 amide bonds. The average molecular weight is 267 g/mol. The van der Waals surface area contributed by atoms with Crippen LogP contribution in [0.5, 0.6) is 17.2 Å². The van der Waals surface area contributed by atoms with E-state index >= 15 is 0 Å². The molecule has 1 rings (SSSR count). The zero-order valence-electron chi connectivity index (χ0n) is 11.6. The van der Waals surface area contributed by atoms with Gasteiger partial charge in [-0.05, 0) is 20.8 Å². The fraction of sp³-hybridized carbons (Fsp3) is 0.462. The molecule has 19 heavy (non-hydrogen) atoms. The third-order valence-electron chi connectivity index (χ3n) is 2.15. The minimum absolute atomic E-state index is 0.0194. The fourth-order valence-electron chi connectivity index (χ4n) is 1.59. The maximum Gasteiger partial charge on any atom is 0.203 e. The summed E-state index contributed by atoms with van der Waals surface area (Å²) in [5, 5.41) is 0. The van der Waals surface area contributed by atoms with Crippen molar-refractivity contribution in [2.75, 3.05) is 19.8 Å². The third-order valence-corrected chi connectivity index (χ3v) is 2.15. The van der Waals surface area contributed by atoms with E-state index in [1.807, 2.05) is 20.8 Å². The van der Waals surface area contributed by atoms with Crippen molar-refractivity contribution >= 4 is 11.6 Å². The van der Waals surface area contributed by atoms with Crippen molar-refractivity contribution in [2.24, 2.45) is 16.5 Å². The highest BCUT2D eigenvalue weighted by Gasteiger charge is 2.14. The Morgan fingerprint density at radius 1 is 0.947 bits per heavy atom. The molecule has 0 saturated heterocycles. The zero-order valence-corrected chi connectivity index (χ0v) is 11.6. The van der Waals surface area contributed by atoms with Crippen molar-refractivity contribution in [1.29, 1.82) is 0 Å². The SMILES string of the molecule is CCOc1cc(N=C(N)N)cc(OCC)c1OCC. The van der Waals surface area contributed by atoms with E-state index in [4.69, 9.17) is 25.7 Å². The molecule has 1 aromatic carbocycles. The number of nitrogens with two attached hydrogens (primary N) is 2. The summed E-state index contributed by atoms with van der Waals surface area (Å²) in [5.74, 6) is 1.68. The van der Waals surface area contributed by atoms with Crippen molar-refractivity contribution in [3.05, 3.63) is 12.1 Å². The molecule has 0 aliphatic heterocycles. The standard InChI is InChI=1S/C13H21N3O3/c1-4-17-10-7-9(16-13(14)15)8-11(18-5-2)12(10)19-6-3/h7-8H,4-6H2,1-3H3,(H4,14,15,16). The second kappa shape index (κ2) is 7.35. The Labute approximate surface area is 113 Å². The van der Waals surface area contributed by atoms with E-state index in [0.29, 0.717) is 42.8 Å². The Balaban J connectivity index is 3.29. The molecule has 0 aliphatic carbocycles. The molecule has 6 nitrogen and oxygen atoms in total. The lowest BCUT2D eigenvalue weighted by Gasteiger charge is -2.16. The highest BCUT2D eigenvalue weighted by Crippen LogP contribution is 2.41. The van der Waals surface area contributed by atoms with Crippen LogP contribution in [-0.2, 0) is 0 Å². The Hall–Kier alpha value is -2.11. The van der Waals surface area contributed by atoms with Crippen LogP contribution in [0, 0.1) is 0 Å². The van der Waals surface area contributed by atoms with E-state index < -0.39 is 0 Å². The molecule has 0 saturated carbocycles. The van der Waals surface area contributed by atoms with Gasteiger partial charge in [0.05, 0.1) is 25.5 Å². The predicted molar refractivity (Wildman–Crippen MR) is 75.4 cm³/mol. The zero-order chi connectivity index (χ0) is 14.3. The van der Waals surface area contributed by atoms with Gasteiger partial charge in [-0.1, -0.05) is 0 Å². The molecule has 0 fully saturated rings. The fourth-order valence-corrected chi connectivity index (χ4v) is 1.59. The molecule has 0 spiro atoms. The normalized spacial score (nSPS) is 9.84. The lowest BCUT2D eigenvalue weighted by molar-refractivity contribution is 0.261. The van der Waals surface area contributed by atoms with Crippen molar-refractivity contribution in [2.45, 2.75) is 20.8 Å². The summed E-state index contributed by atoms with van der Waals surface area (Å²) in [6, 6.07) is 3.44. The number of aliphatic imine (C=N–C) groups is 1. The molecular formula is C13H21N3O3. The van der Waals surface area contributed by atoms with Gasteiger partial charge in [-0.3, -0.25) is 0 Å². The van der Waals surface area contributed by atoms with Crippen molar-refractivity contribution in [1.82, 2.24) is 0 Å². The Kier molecular flexibility index (Phi) is 5.78. The van der Waals surface area contributed by atoms with Crippen LogP contribution in [0.4, 0.5) is 5.69 Å². The van der Waals surface area contributed by atoms with Crippen molar-refractivity contribution in [3.63, 3.8) is 0 Å². The van der Waals surface area contributed by atoms with Gasteiger partial charge >= 0.3 is 0 Å². The summed E-state index contributed by atoms with van der Waals surface area (Å²) >= 11 is 0. The largest absolute Gasteiger partial charge is 0.490 e. The van der Waals surface area contributed by atoms with Crippen LogP contribution in [0.15, 0.2) is 17.1 Å². The first-order valence-electron chi connectivity index (χ1n) is 6.28. The molecule has 0 unspecified atom stereocenters. The van der Waals surface area contributed by atoms with Crippen molar-refractivity contribution < 1.29 is 14.2 Å². The van der Waals surface area contributed by atoms with Gasteiger partial charge in [-0.2, -0.15) is 0 Å². The van der Waals surface area contributed by atoms with Gasteiger partial charge in [0.25, 0.3) is 0 Å². The van der Waals surface area contributed by atoms with Gasteiger partial charge in [0.2, 0.25) is 5.75 Å². The first kappa shape index (κ1) is 14.9. The molecular weight excluding hydrogens is 246 g/mol. The average Bonchev–Trinajstić information content (AvgIpc) is 2.33. The van der Waals surface area contributed by atoms with E-state index in [9.17, 15) is 0 Å². The number of ether oxygens (including phenoxy) is 3. The molecule has 0 aliphatic rings. The number of rotatable bonds is 7. The molecule has 4 N–H and O–H groups in total. The topological polar surface area (TPSA) is 92.1 Å². The molecule has 6 heteroatoms. The molecule has 0 radical (unpaired) electrons. The van der Waals surface area contributed by atoms with Gasteiger partial charge < -0.3 is 25.7 Å². The van der Waals surface area contributed by atoms with E-state index in [1.165, 1.54) is 0 Å². The maximum absolute atomic E-state index is 5.57. The van der Waals surface area contributed by atoms with Crippen LogP contribution < -0.4 is 25.7 Å². The number of nitrogens with zero attached hydrogens (tertiary/aromatic N) is 1. The third kappa shape index (κ3) is 4.24. The second-order valence-corrected chi connectivity index (χ2v) is 3.61. The first-order valence-corrected chi connectivity index (χ1v) is 6.28. The minimum Gasteiger partial charge on any atom is -0.490 e. The summed E-state index contributed by atoms with van der Waals surface area (Å²) in [5.41, 5.74) is 11.3. The number of benzene rings is 1. The number of hydrogen-bond donors (Lipinski definition) is 2. The number of hydrogen-bond acceptors (Lipinski definition) is 4. The Bertz CT molecular complexity index is 416. The summed E-state index contributed by atoms with van der Waals surface area (Å²) in [6.45, 7) is 7.22. The summed E-state index contributed by atoms with van der Waals surface area (Å²) in [7, 11) is 0. The summed E-state index contributed by atoms with van der Waals surface area (Å²) in [4.78, 5) is 4.00. The molecule has 1 aromatic rings. The van der Waals surface area contributed by atoms with E-state index in [1.54, 1.807) is 12.1 Å². The molecule has 0 bridgehead atoms. The molecule has 0 aromatic heterocycles. The van der Waals surface area contributed by atoms with Crippen LogP contribution >= 0.6 is 0 Å². The van der Waals surface area contributed by atoms with Crippen LogP contribution in [0.25, 0.3) is 0 Å². The summed E-state index contributed by atoms with van der Waals surface area (Å²) in [6.07, 6.45) is 0. The second-order valence-electron chi connectivity index (χ2n) is 3.61. The van der Waals surface area contributed by atoms with Crippen LogP contribution in [-0.4, -0.2) is 25.8 Å². The van der Waals surface area contributed by atoms with Crippen molar-refractivity contribution in [3.8, 4) is 17.2 Å². The lowest BCUT2D eigenvalue weighted by atomic mass is 10.2. The maximum atomic E-state index is 5.57. The smallest absolute Gasteiger partial charge is 0.203 e. The van der Waals surface area contributed by atoms with Crippen LogP contribution in [0.3, 0.4) is 0 Å². The van der Waals surface area contributed by atoms with Gasteiger partial charge in [-0.25, -0.2) is 4.99 Å². The van der Waals surface area contributed by atoms with Gasteiger partial charge in [0.15, 0.2) is 17.5 Å². The molecule has 0 heterocycles. The first-order chi connectivity index (χ1) is 9.12. The van der Waals surface area contributed by atoms with E-state index in [2.05, 4.69) is 4.99 Å². The Morgan fingerprint density at radius 3 is 1.79 bits per heavy atom. The van der Waals surface area contributed by atoms with Gasteiger partial charge in [0, 0.05) is 12.1 Å². The monoisotopic (exact) mass is 267 g/mol. The van der Waals surface area contributed by atoms with Gasteiger partial charge in [0.1, 0.15) is 0 Å². The quantitative estimate of drug-likeness (QED) is 0.580. The highest BCUT2D eigenvalue weighted by molar-refractivity contribution is 5.79. The minimum atomic E-state index is -0.0194. The van der Waals surface area contributed by atoms with E-state index in [0.717, 1.165) is 0 Å². The molecule has 106 valence electrons.